The molecule has 0 heterocycles. The van der Waals surface area contributed by atoms with Gasteiger partial charge in [-0.3, -0.25) is 0 Å². The molecule has 41 heavy (non-hydrogen) atoms. The summed E-state index contributed by atoms with van der Waals surface area (Å²) in [5.41, 5.74) is 7.11. The zero-order valence-electron chi connectivity index (χ0n) is 24.4. The van der Waals surface area contributed by atoms with Crippen molar-refractivity contribution in [2.45, 2.75) is 60.6 Å². The van der Waals surface area contributed by atoms with E-state index in [4.69, 9.17) is 0 Å². The van der Waals surface area contributed by atoms with Gasteiger partial charge in [-0.2, -0.15) is 0 Å². The molecule has 0 atom stereocenters. The van der Waals surface area contributed by atoms with Gasteiger partial charge in [-0.25, -0.2) is 22.0 Å². The van der Waals surface area contributed by atoms with Gasteiger partial charge in [0.15, 0.2) is 35.8 Å². The second kappa shape index (κ2) is 12.9. The van der Waals surface area contributed by atoms with Crippen LogP contribution in [0.25, 0.3) is 0 Å². The molecular formula is C34H35BF5P. The molecule has 0 amide bonds. The van der Waals surface area contributed by atoms with Gasteiger partial charge in [-0.05, 0) is 106 Å². The molecule has 0 saturated heterocycles. The molecule has 0 aliphatic rings. The number of hydrogen-bond acceptors (Lipinski definition) is 0. The Labute approximate surface area is 241 Å². The van der Waals surface area contributed by atoms with Crippen LogP contribution >= 0.6 is 7.92 Å². The molecule has 0 aliphatic heterocycles. The third-order valence-electron chi connectivity index (χ3n) is 7.79. The van der Waals surface area contributed by atoms with E-state index in [0.29, 0.717) is 12.6 Å². The Kier molecular flexibility index (Phi) is 9.75. The van der Waals surface area contributed by atoms with Crippen LogP contribution in [-0.4, -0.2) is 12.9 Å². The van der Waals surface area contributed by atoms with Crippen LogP contribution in [0.5, 0.6) is 0 Å². The van der Waals surface area contributed by atoms with Gasteiger partial charge in [0.2, 0.25) is 0 Å². The summed E-state index contributed by atoms with van der Waals surface area (Å²) < 4.78 is 73.1. The highest BCUT2D eigenvalue weighted by Crippen LogP contribution is 2.41. The lowest BCUT2D eigenvalue weighted by atomic mass is 9.40. The highest BCUT2D eigenvalue weighted by atomic mass is 31.1. The summed E-state index contributed by atoms with van der Waals surface area (Å²) in [4.78, 5) is 0. The maximum Gasteiger partial charge on any atom is 0.200 e. The Morgan fingerprint density at radius 3 is 1.41 bits per heavy atom. The number of benzene rings is 4. The first-order valence-electron chi connectivity index (χ1n) is 13.9. The van der Waals surface area contributed by atoms with Crippen LogP contribution in [0.2, 0.25) is 12.6 Å². The molecule has 0 bridgehead atoms. The minimum Gasteiger partial charge on any atom is -0.204 e. The number of halogens is 5. The van der Waals surface area contributed by atoms with Gasteiger partial charge in [0.25, 0.3) is 0 Å². The van der Waals surface area contributed by atoms with Crippen LogP contribution in [0.15, 0.2) is 54.6 Å². The van der Waals surface area contributed by atoms with Crippen LogP contribution in [0, 0.1) is 70.6 Å². The van der Waals surface area contributed by atoms with Crippen molar-refractivity contribution in [3.05, 3.63) is 123 Å². The lowest BCUT2D eigenvalue weighted by Gasteiger charge is -2.28. The normalized spacial score (nSPS) is 11.4. The van der Waals surface area contributed by atoms with E-state index in [1.807, 2.05) is 30.3 Å². The van der Waals surface area contributed by atoms with E-state index < -0.39 is 49.2 Å². The Bertz CT molecular complexity index is 1440. The second-order valence-corrected chi connectivity index (χ2v) is 13.3. The van der Waals surface area contributed by atoms with Crippen molar-refractivity contribution < 1.29 is 22.0 Å². The minimum atomic E-state index is -2.12. The van der Waals surface area contributed by atoms with Gasteiger partial charge in [0.1, 0.15) is 0 Å². The number of aryl methyl sites for hydroxylation is 7. The van der Waals surface area contributed by atoms with Gasteiger partial charge < -0.3 is 0 Å². The Morgan fingerprint density at radius 1 is 0.561 bits per heavy atom. The monoisotopic (exact) mass is 580 g/mol. The SMILES string of the molecule is Cc1cc(C)c(P(CCB(CCc2ccccc2)c2c(F)c(F)c(F)c(F)c2F)c2c(C)cc(C)cc2C)c(C)c1. The highest BCUT2D eigenvalue weighted by molar-refractivity contribution is 7.73. The largest absolute Gasteiger partial charge is 0.204 e. The molecular weight excluding hydrogens is 545 g/mol. The maximum atomic E-state index is 15.2. The lowest BCUT2D eigenvalue weighted by Crippen LogP contribution is -2.39. The number of rotatable bonds is 9. The molecule has 0 fully saturated rings. The smallest absolute Gasteiger partial charge is 0.200 e. The molecule has 0 N–H and O–H groups in total. The molecule has 0 saturated carbocycles. The quantitative estimate of drug-likeness (QED) is 0.0615. The fourth-order valence-electron chi connectivity index (χ4n) is 6.22. The summed E-state index contributed by atoms with van der Waals surface area (Å²) in [6, 6.07) is 18.0. The Hall–Kier alpha value is -2.98. The van der Waals surface area contributed by atoms with Crippen LogP contribution in [0.4, 0.5) is 22.0 Å². The molecule has 4 aromatic carbocycles. The van der Waals surface area contributed by atoms with Crippen molar-refractivity contribution in [2.24, 2.45) is 0 Å². The molecule has 7 heteroatoms. The maximum absolute atomic E-state index is 15.2. The van der Waals surface area contributed by atoms with Gasteiger partial charge in [-0.1, -0.05) is 78.4 Å². The van der Waals surface area contributed by atoms with Gasteiger partial charge in [0.05, 0.1) is 0 Å². The topological polar surface area (TPSA) is 0 Å². The first kappa shape index (κ1) is 31.0. The minimum absolute atomic E-state index is 0.253. The molecule has 0 aromatic heterocycles. The van der Waals surface area contributed by atoms with E-state index >= 15 is 8.78 Å². The van der Waals surface area contributed by atoms with Gasteiger partial charge in [0, 0.05) is 0 Å². The average Bonchev–Trinajstić information content (AvgIpc) is 2.91. The van der Waals surface area contributed by atoms with Crippen molar-refractivity contribution in [3.8, 4) is 0 Å². The fraction of sp³-hybridized carbons (Fsp3) is 0.294. The van der Waals surface area contributed by atoms with Crippen LogP contribution < -0.4 is 16.1 Å². The second-order valence-electron chi connectivity index (χ2n) is 11.1. The average molecular weight is 580 g/mol. The van der Waals surface area contributed by atoms with Crippen molar-refractivity contribution in [3.63, 3.8) is 0 Å². The molecule has 4 rings (SSSR count). The molecule has 0 unspecified atom stereocenters. The molecule has 0 radical (unpaired) electrons. The first-order chi connectivity index (χ1) is 19.4. The molecule has 0 spiro atoms. The van der Waals surface area contributed by atoms with E-state index in [1.54, 1.807) is 0 Å². The van der Waals surface area contributed by atoms with Crippen LogP contribution in [0.1, 0.15) is 38.9 Å². The van der Waals surface area contributed by atoms with Crippen molar-refractivity contribution in [2.75, 3.05) is 6.16 Å². The van der Waals surface area contributed by atoms with Crippen molar-refractivity contribution >= 4 is 30.7 Å². The fourth-order valence-corrected chi connectivity index (χ4v) is 9.42. The summed E-state index contributed by atoms with van der Waals surface area (Å²) in [6.07, 6.45) is 1.53. The van der Waals surface area contributed by atoms with E-state index in [0.717, 1.165) is 38.9 Å². The van der Waals surface area contributed by atoms with E-state index in [-0.39, 0.29) is 12.6 Å². The van der Waals surface area contributed by atoms with Crippen molar-refractivity contribution in [1.82, 2.24) is 0 Å². The summed E-state index contributed by atoms with van der Waals surface area (Å²) in [6.45, 7) is 11.6. The number of hydrogen-bond donors (Lipinski definition) is 0. The third-order valence-corrected chi connectivity index (χ3v) is 11.0. The zero-order chi connectivity index (χ0) is 30.0. The van der Waals surface area contributed by atoms with Gasteiger partial charge >= 0.3 is 0 Å². The van der Waals surface area contributed by atoms with Gasteiger partial charge in [-0.15, -0.1) is 0 Å². The molecule has 0 aliphatic carbocycles. The lowest BCUT2D eigenvalue weighted by molar-refractivity contribution is 0.384. The van der Waals surface area contributed by atoms with Crippen LogP contribution in [0.3, 0.4) is 0 Å². The zero-order valence-corrected chi connectivity index (χ0v) is 25.3. The van der Waals surface area contributed by atoms with Crippen LogP contribution in [-0.2, 0) is 6.42 Å². The highest BCUT2D eigenvalue weighted by Gasteiger charge is 2.33. The van der Waals surface area contributed by atoms with E-state index in [1.165, 1.54) is 10.6 Å². The van der Waals surface area contributed by atoms with Crippen molar-refractivity contribution in [1.29, 1.82) is 0 Å². The van der Waals surface area contributed by atoms with E-state index in [9.17, 15) is 13.2 Å². The summed E-state index contributed by atoms with van der Waals surface area (Å²) in [5.74, 6) is -9.35. The molecule has 214 valence electrons. The molecule has 4 aromatic rings. The predicted molar refractivity (Wildman–Crippen MR) is 164 cm³/mol. The standard InChI is InChI=1S/C34H35BF5P/c1-20-16-22(3)33(23(4)17-20)41(34-24(5)18-21(2)19-25(34)6)15-14-35(13-12-26-10-8-7-9-11-26)27-28(36)30(38)32(40)31(39)29(27)37/h7-11,16-19H,12-15H2,1-6H3. The summed E-state index contributed by atoms with van der Waals surface area (Å²) >= 11 is 0. The third kappa shape index (κ3) is 6.59. The first-order valence-corrected chi connectivity index (χ1v) is 15.4. The predicted octanol–water partition coefficient (Wildman–Crippen LogP) is 8.31. The summed E-state index contributed by atoms with van der Waals surface area (Å²) in [5, 5.41) is 2.42. The molecule has 0 nitrogen and oxygen atoms in total. The Balaban J connectivity index is 1.82. The van der Waals surface area contributed by atoms with E-state index in [2.05, 4.69) is 65.8 Å². The Morgan fingerprint density at radius 2 is 0.976 bits per heavy atom. The summed E-state index contributed by atoms with van der Waals surface area (Å²) in [7, 11) is -0.994.